The first-order valence-corrected chi connectivity index (χ1v) is 9.65. The van der Waals surface area contributed by atoms with Crippen LogP contribution in [-0.4, -0.2) is 45.7 Å². The van der Waals surface area contributed by atoms with Gasteiger partial charge in [-0.2, -0.15) is 0 Å². The molecule has 0 spiro atoms. The molecule has 152 valence electrons. The molecule has 0 saturated carbocycles. The third-order valence-corrected chi connectivity index (χ3v) is 5.80. The first-order valence-electron chi connectivity index (χ1n) is 9.65. The van der Waals surface area contributed by atoms with E-state index in [1.807, 2.05) is 18.2 Å². The molecule has 2 aliphatic rings. The van der Waals surface area contributed by atoms with Crippen molar-refractivity contribution < 1.29 is 28.7 Å². The van der Waals surface area contributed by atoms with Crippen molar-refractivity contribution in [2.75, 3.05) is 32.8 Å². The lowest BCUT2D eigenvalue weighted by atomic mass is 9.97. The first-order chi connectivity index (χ1) is 14.1. The minimum Gasteiger partial charge on any atom is -0.495 e. The number of anilines is 1. The number of imide groups is 1. The molecule has 0 bridgehead atoms. The molecule has 1 unspecified atom stereocenters. The van der Waals surface area contributed by atoms with Crippen molar-refractivity contribution in [2.45, 2.75) is 25.4 Å². The van der Waals surface area contributed by atoms with E-state index in [0.29, 0.717) is 29.5 Å². The molecule has 7 nitrogen and oxygen atoms in total. The maximum atomic E-state index is 13.2. The Morgan fingerprint density at radius 3 is 2.28 bits per heavy atom. The standard InChI is InChI=1S/C22H24N2O5/c1-27-18-7-5-4-6-16(18)24-21(25)12-17(22(24)26)23-9-8-14-10-19(28-2)20(29-3)11-15(14)13-23/h4-7,10-11,17H,8-9,12-13H2,1-3H3/p+1/t17-/m1/s1. The molecule has 4 rings (SSSR count). The Balaban J connectivity index is 1.59. The summed E-state index contributed by atoms with van der Waals surface area (Å²) in [5.74, 6) is 1.56. The predicted octanol–water partition coefficient (Wildman–Crippen LogP) is 0.986. The van der Waals surface area contributed by atoms with Gasteiger partial charge < -0.3 is 19.1 Å². The number of benzene rings is 2. The third kappa shape index (κ3) is 3.31. The Labute approximate surface area is 169 Å². The zero-order chi connectivity index (χ0) is 20.5. The number of methoxy groups -OCH3 is 3. The average Bonchev–Trinajstić information content (AvgIpc) is 3.05. The lowest BCUT2D eigenvalue weighted by Crippen LogP contribution is -3.16. The van der Waals surface area contributed by atoms with Crippen LogP contribution in [0.1, 0.15) is 17.5 Å². The summed E-state index contributed by atoms with van der Waals surface area (Å²) in [6.07, 6.45) is 1.02. The summed E-state index contributed by atoms with van der Waals surface area (Å²) >= 11 is 0. The highest BCUT2D eigenvalue weighted by Crippen LogP contribution is 2.33. The predicted molar refractivity (Wildman–Crippen MR) is 107 cm³/mol. The van der Waals surface area contributed by atoms with Gasteiger partial charge in [0.1, 0.15) is 12.3 Å². The topological polar surface area (TPSA) is 69.5 Å². The van der Waals surface area contributed by atoms with Gasteiger partial charge in [0.05, 0.1) is 40.0 Å². The summed E-state index contributed by atoms with van der Waals surface area (Å²) in [6.45, 7) is 1.45. The van der Waals surface area contributed by atoms with Crippen LogP contribution in [-0.2, 0) is 22.6 Å². The van der Waals surface area contributed by atoms with Crippen molar-refractivity contribution in [1.29, 1.82) is 0 Å². The fourth-order valence-electron chi connectivity index (χ4n) is 4.30. The van der Waals surface area contributed by atoms with Crippen molar-refractivity contribution >= 4 is 17.5 Å². The molecule has 1 N–H and O–H groups in total. The van der Waals surface area contributed by atoms with Crippen LogP contribution in [0.15, 0.2) is 36.4 Å². The van der Waals surface area contributed by atoms with E-state index in [1.54, 1.807) is 32.4 Å². The quantitative estimate of drug-likeness (QED) is 0.762. The van der Waals surface area contributed by atoms with Crippen molar-refractivity contribution in [3.63, 3.8) is 0 Å². The van der Waals surface area contributed by atoms with Crippen LogP contribution < -0.4 is 24.0 Å². The minimum absolute atomic E-state index is 0.168. The molecule has 2 atom stereocenters. The normalized spacial score (nSPS) is 21.1. The smallest absolute Gasteiger partial charge is 0.292 e. The van der Waals surface area contributed by atoms with Gasteiger partial charge in [-0.1, -0.05) is 12.1 Å². The van der Waals surface area contributed by atoms with Gasteiger partial charge in [0.15, 0.2) is 17.5 Å². The molecule has 2 amide bonds. The summed E-state index contributed by atoms with van der Waals surface area (Å²) < 4.78 is 16.2. The molecule has 2 aromatic rings. The number of carbonyl (C=O) groups excluding carboxylic acids is 2. The lowest BCUT2D eigenvalue weighted by Gasteiger charge is -2.30. The molecule has 0 aromatic heterocycles. The highest BCUT2D eigenvalue weighted by Gasteiger charge is 2.47. The van der Waals surface area contributed by atoms with E-state index >= 15 is 0 Å². The monoisotopic (exact) mass is 397 g/mol. The van der Waals surface area contributed by atoms with Crippen LogP contribution >= 0.6 is 0 Å². The molecule has 7 heteroatoms. The number of amides is 2. The number of fused-ring (bicyclic) bond motifs is 1. The molecule has 1 saturated heterocycles. The van der Waals surface area contributed by atoms with Crippen LogP contribution in [0.3, 0.4) is 0 Å². The number of hydrogen-bond acceptors (Lipinski definition) is 5. The van der Waals surface area contributed by atoms with Gasteiger partial charge in [0, 0.05) is 12.0 Å². The number of hydrogen-bond donors (Lipinski definition) is 1. The van der Waals surface area contributed by atoms with Crippen molar-refractivity contribution in [3.8, 4) is 17.2 Å². The van der Waals surface area contributed by atoms with E-state index in [9.17, 15) is 9.59 Å². The Bertz CT molecular complexity index is 958. The van der Waals surface area contributed by atoms with Crippen molar-refractivity contribution in [1.82, 2.24) is 0 Å². The van der Waals surface area contributed by atoms with Crippen LogP contribution in [0.4, 0.5) is 5.69 Å². The largest absolute Gasteiger partial charge is 0.495 e. The summed E-state index contributed by atoms with van der Waals surface area (Å²) in [5.41, 5.74) is 2.83. The molecule has 2 aliphatic heterocycles. The number of para-hydroxylation sites is 2. The number of ether oxygens (including phenoxy) is 3. The highest BCUT2D eigenvalue weighted by molar-refractivity contribution is 6.22. The third-order valence-electron chi connectivity index (χ3n) is 5.80. The van der Waals surface area contributed by atoms with Crippen LogP contribution in [0, 0.1) is 0 Å². The molecule has 2 heterocycles. The number of nitrogens with one attached hydrogen (secondary N) is 1. The molecule has 1 fully saturated rings. The van der Waals surface area contributed by atoms with Gasteiger partial charge in [0.25, 0.3) is 5.91 Å². The summed E-state index contributed by atoms with van der Waals surface area (Å²) in [4.78, 5) is 28.3. The SMILES string of the molecule is COc1cc2c(cc1OC)C[NH+]([C@@H]1CC(=O)N(c3ccccc3OC)C1=O)CC2. The molecule has 0 aliphatic carbocycles. The van der Waals surface area contributed by atoms with Crippen molar-refractivity contribution in [3.05, 3.63) is 47.5 Å². The molecular formula is C22H25N2O5+. The summed E-state index contributed by atoms with van der Waals surface area (Å²) in [7, 11) is 4.78. The van der Waals surface area contributed by atoms with E-state index in [-0.39, 0.29) is 18.2 Å². The number of quaternary nitrogens is 1. The average molecular weight is 397 g/mol. The molecule has 0 radical (unpaired) electrons. The Kier molecular flexibility index (Phi) is 5.15. The molecule has 29 heavy (non-hydrogen) atoms. The minimum atomic E-state index is -0.395. The van der Waals surface area contributed by atoms with E-state index in [0.717, 1.165) is 23.4 Å². The zero-order valence-electron chi connectivity index (χ0n) is 16.9. The second-order valence-corrected chi connectivity index (χ2v) is 7.31. The number of nitrogens with zero attached hydrogens (tertiary/aromatic N) is 1. The Morgan fingerprint density at radius 1 is 0.931 bits per heavy atom. The lowest BCUT2D eigenvalue weighted by molar-refractivity contribution is -0.930. The summed E-state index contributed by atoms with van der Waals surface area (Å²) in [5, 5.41) is 0. The maximum absolute atomic E-state index is 13.2. The molecule has 2 aromatic carbocycles. The number of carbonyl (C=O) groups is 2. The van der Waals surface area contributed by atoms with Gasteiger partial charge in [-0.25, -0.2) is 4.90 Å². The Hall–Kier alpha value is -3.06. The first kappa shape index (κ1) is 19.3. The van der Waals surface area contributed by atoms with Gasteiger partial charge in [-0.3, -0.25) is 9.59 Å². The van der Waals surface area contributed by atoms with Gasteiger partial charge in [-0.05, 0) is 29.8 Å². The van der Waals surface area contributed by atoms with Gasteiger partial charge >= 0.3 is 0 Å². The van der Waals surface area contributed by atoms with Crippen LogP contribution in [0.5, 0.6) is 17.2 Å². The fraction of sp³-hybridized carbons (Fsp3) is 0.364. The van der Waals surface area contributed by atoms with E-state index in [4.69, 9.17) is 14.2 Å². The van der Waals surface area contributed by atoms with Gasteiger partial charge in [-0.15, -0.1) is 0 Å². The maximum Gasteiger partial charge on any atom is 0.292 e. The molecular weight excluding hydrogens is 372 g/mol. The summed E-state index contributed by atoms with van der Waals surface area (Å²) in [6, 6.07) is 10.7. The Morgan fingerprint density at radius 2 is 1.59 bits per heavy atom. The number of rotatable bonds is 5. The second kappa shape index (κ2) is 7.75. The van der Waals surface area contributed by atoms with E-state index < -0.39 is 6.04 Å². The highest BCUT2D eigenvalue weighted by atomic mass is 16.5. The zero-order valence-corrected chi connectivity index (χ0v) is 16.9. The van der Waals surface area contributed by atoms with E-state index in [2.05, 4.69) is 0 Å². The van der Waals surface area contributed by atoms with Gasteiger partial charge in [0.2, 0.25) is 5.91 Å². The van der Waals surface area contributed by atoms with Crippen molar-refractivity contribution in [2.24, 2.45) is 0 Å². The fourth-order valence-corrected chi connectivity index (χ4v) is 4.30. The van der Waals surface area contributed by atoms with E-state index in [1.165, 1.54) is 17.6 Å². The van der Waals surface area contributed by atoms with Crippen LogP contribution in [0.2, 0.25) is 0 Å². The van der Waals surface area contributed by atoms with Crippen LogP contribution in [0.25, 0.3) is 0 Å². The second-order valence-electron chi connectivity index (χ2n) is 7.31.